The molecule has 0 saturated heterocycles. The number of H-pyrrole nitrogens is 1. The Morgan fingerprint density at radius 3 is 2.54 bits per heavy atom. The summed E-state index contributed by atoms with van der Waals surface area (Å²) in [4.78, 5) is 18.4. The van der Waals surface area contributed by atoms with E-state index < -0.39 is 0 Å². The lowest BCUT2D eigenvalue weighted by molar-refractivity contribution is 0.150. The van der Waals surface area contributed by atoms with Gasteiger partial charge in [0, 0.05) is 29.2 Å². The van der Waals surface area contributed by atoms with Gasteiger partial charge in [-0.2, -0.15) is 0 Å². The molecular formula is C27H33ClN6O. The highest BCUT2D eigenvalue weighted by molar-refractivity contribution is 6.31. The van der Waals surface area contributed by atoms with Gasteiger partial charge in [-0.15, -0.1) is 5.10 Å². The van der Waals surface area contributed by atoms with E-state index in [9.17, 15) is 4.79 Å². The number of nitrogens with one attached hydrogen (secondary N) is 1. The lowest BCUT2D eigenvalue weighted by atomic mass is 10.0. The van der Waals surface area contributed by atoms with Crippen molar-refractivity contribution in [3.05, 3.63) is 86.4 Å². The van der Waals surface area contributed by atoms with E-state index >= 15 is 0 Å². The lowest BCUT2D eigenvalue weighted by Gasteiger charge is -2.33. The van der Waals surface area contributed by atoms with Crippen molar-refractivity contribution in [2.24, 2.45) is 0 Å². The van der Waals surface area contributed by atoms with Gasteiger partial charge in [0.1, 0.15) is 0 Å². The van der Waals surface area contributed by atoms with Gasteiger partial charge < -0.3 is 4.98 Å². The van der Waals surface area contributed by atoms with Crippen LogP contribution in [-0.2, 0) is 18.6 Å². The summed E-state index contributed by atoms with van der Waals surface area (Å²) >= 11 is 6.56. The third kappa shape index (κ3) is 5.31. The number of rotatable bonds is 9. The molecule has 7 nitrogen and oxygen atoms in total. The van der Waals surface area contributed by atoms with Gasteiger partial charge in [0.2, 0.25) is 0 Å². The minimum absolute atomic E-state index is 0.0890. The normalized spacial score (nSPS) is 13.0. The van der Waals surface area contributed by atoms with Gasteiger partial charge in [-0.25, -0.2) is 4.68 Å². The maximum Gasteiger partial charge on any atom is 0.252 e. The molecule has 0 spiro atoms. The molecule has 0 amide bonds. The molecular weight excluding hydrogens is 460 g/mol. The van der Waals surface area contributed by atoms with E-state index in [2.05, 4.69) is 66.1 Å². The zero-order chi connectivity index (χ0) is 25.2. The molecule has 2 aromatic carbocycles. The second-order valence-electron chi connectivity index (χ2n) is 9.75. The van der Waals surface area contributed by atoms with Crippen LogP contribution in [0.3, 0.4) is 0 Å². The zero-order valence-electron chi connectivity index (χ0n) is 21.0. The van der Waals surface area contributed by atoms with E-state index in [1.165, 1.54) is 0 Å². The van der Waals surface area contributed by atoms with E-state index in [0.717, 1.165) is 40.7 Å². The monoisotopic (exact) mass is 492 g/mol. The van der Waals surface area contributed by atoms with E-state index in [1.54, 1.807) is 0 Å². The highest BCUT2D eigenvalue weighted by Crippen LogP contribution is 2.31. The second-order valence-corrected chi connectivity index (χ2v) is 10.2. The van der Waals surface area contributed by atoms with E-state index in [-0.39, 0.29) is 17.1 Å². The summed E-state index contributed by atoms with van der Waals surface area (Å²) < 4.78 is 1.93. The van der Waals surface area contributed by atoms with Crippen LogP contribution in [0.25, 0.3) is 10.9 Å². The number of aromatic nitrogens is 5. The fourth-order valence-corrected chi connectivity index (χ4v) is 4.61. The molecule has 35 heavy (non-hydrogen) atoms. The Labute approximate surface area is 211 Å². The van der Waals surface area contributed by atoms with Gasteiger partial charge in [-0.3, -0.25) is 9.69 Å². The molecule has 0 aliphatic carbocycles. The molecule has 4 aromatic rings. The Morgan fingerprint density at radius 1 is 1.09 bits per heavy atom. The van der Waals surface area contributed by atoms with Crippen LogP contribution in [-0.4, -0.2) is 30.1 Å². The number of aryl methyl sites for hydroxylation is 1. The van der Waals surface area contributed by atoms with Gasteiger partial charge in [0.05, 0.1) is 11.6 Å². The molecule has 8 heteroatoms. The van der Waals surface area contributed by atoms with Crippen LogP contribution in [0.15, 0.2) is 53.3 Å². The van der Waals surface area contributed by atoms with Crippen LogP contribution in [0.4, 0.5) is 0 Å². The number of tetrazole rings is 1. The Balaban J connectivity index is 1.80. The third-order valence-corrected chi connectivity index (χ3v) is 7.21. The number of fused-ring (bicyclic) bond motifs is 1. The lowest BCUT2D eigenvalue weighted by Crippen LogP contribution is -2.36. The maximum atomic E-state index is 13.1. The van der Waals surface area contributed by atoms with Gasteiger partial charge in [0.25, 0.3) is 5.56 Å². The minimum atomic E-state index is -0.236. The quantitative estimate of drug-likeness (QED) is 0.320. The predicted molar refractivity (Wildman–Crippen MR) is 140 cm³/mol. The van der Waals surface area contributed by atoms with Crippen molar-refractivity contribution in [2.45, 2.75) is 72.1 Å². The molecule has 2 heterocycles. The van der Waals surface area contributed by atoms with Crippen LogP contribution in [0.2, 0.25) is 5.02 Å². The number of nitrogens with zero attached hydrogens (tertiary/aromatic N) is 5. The molecule has 0 unspecified atom stereocenters. The minimum Gasteiger partial charge on any atom is -0.322 e. The third-order valence-electron chi connectivity index (χ3n) is 6.84. The van der Waals surface area contributed by atoms with E-state index in [4.69, 9.17) is 11.6 Å². The van der Waals surface area contributed by atoms with Crippen LogP contribution < -0.4 is 5.56 Å². The summed E-state index contributed by atoms with van der Waals surface area (Å²) in [6.07, 6.45) is 1.66. The first-order valence-electron chi connectivity index (χ1n) is 12.1. The summed E-state index contributed by atoms with van der Waals surface area (Å²) in [7, 11) is 0. The highest BCUT2D eigenvalue weighted by Gasteiger charge is 2.31. The number of halogens is 1. The SMILES string of the molecule is CC[C@H](c1nnnn1C(C)(C)CC)N(Cc1ccccc1Cl)Cc1cc2cc(C)ccc2[nH]c1=O. The largest absolute Gasteiger partial charge is 0.322 e. The van der Waals surface area contributed by atoms with Gasteiger partial charge >= 0.3 is 0 Å². The molecule has 0 fully saturated rings. The second kappa shape index (κ2) is 10.3. The smallest absolute Gasteiger partial charge is 0.252 e. The first kappa shape index (κ1) is 25.1. The van der Waals surface area contributed by atoms with Crippen molar-refractivity contribution >= 4 is 22.5 Å². The van der Waals surface area contributed by atoms with Crippen molar-refractivity contribution in [1.29, 1.82) is 0 Å². The topological polar surface area (TPSA) is 79.7 Å². The van der Waals surface area contributed by atoms with Gasteiger partial charge in [0.15, 0.2) is 5.82 Å². The van der Waals surface area contributed by atoms with E-state index in [0.29, 0.717) is 23.7 Å². The molecule has 2 aromatic heterocycles. The number of benzene rings is 2. The first-order chi connectivity index (χ1) is 16.7. The molecule has 184 valence electrons. The standard InChI is InChI=1S/C27H33ClN6O/c1-6-24(25-30-31-32-34(25)27(4,5)7-2)33(16-19-10-8-9-11-22(19)28)17-21-15-20-14-18(3)12-13-23(20)29-26(21)35/h8-15,24H,6-7,16-17H2,1-5H3,(H,29,35)/t24-/m1/s1. The first-order valence-corrected chi connectivity index (χ1v) is 12.5. The molecule has 0 aliphatic heterocycles. The average molecular weight is 493 g/mol. The predicted octanol–water partition coefficient (Wildman–Crippen LogP) is 5.78. The Kier molecular flexibility index (Phi) is 7.38. The Bertz CT molecular complexity index is 1380. The summed E-state index contributed by atoms with van der Waals surface area (Å²) in [5.41, 5.74) is 3.35. The molecule has 0 bridgehead atoms. The summed E-state index contributed by atoms with van der Waals surface area (Å²) in [6, 6.07) is 15.8. The average Bonchev–Trinajstić information content (AvgIpc) is 3.32. The van der Waals surface area contributed by atoms with Gasteiger partial charge in [-0.1, -0.05) is 55.3 Å². The molecule has 4 rings (SSSR count). The van der Waals surface area contributed by atoms with Crippen LogP contribution >= 0.6 is 11.6 Å². The van der Waals surface area contributed by atoms with Crippen molar-refractivity contribution in [2.75, 3.05) is 0 Å². The van der Waals surface area contributed by atoms with Crippen molar-refractivity contribution in [1.82, 2.24) is 30.1 Å². The number of aromatic amines is 1. The van der Waals surface area contributed by atoms with Crippen molar-refractivity contribution in [3.8, 4) is 0 Å². The molecule has 0 aliphatic rings. The summed E-state index contributed by atoms with van der Waals surface area (Å²) in [5, 5.41) is 14.5. The van der Waals surface area contributed by atoms with Crippen LogP contribution in [0, 0.1) is 6.92 Å². The molecule has 1 atom stereocenters. The van der Waals surface area contributed by atoms with Crippen molar-refractivity contribution < 1.29 is 0 Å². The zero-order valence-corrected chi connectivity index (χ0v) is 21.8. The number of hydrogen-bond donors (Lipinski definition) is 1. The number of hydrogen-bond acceptors (Lipinski definition) is 5. The molecule has 1 N–H and O–H groups in total. The molecule has 0 radical (unpaired) electrons. The fourth-order valence-electron chi connectivity index (χ4n) is 4.42. The summed E-state index contributed by atoms with van der Waals surface area (Å²) in [6.45, 7) is 11.6. The van der Waals surface area contributed by atoms with Gasteiger partial charge in [-0.05, 0) is 79.3 Å². The fraction of sp³-hybridized carbons (Fsp3) is 0.407. The van der Waals surface area contributed by atoms with Crippen LogP contribution in [0.1, 0.15) is 69.1 Å². The van der Waals surface area contributed by atoms with Crippen molar-refractivity contribution in [3.63, 3.8) is 0 Å². The van der Waals surface area contributed by atoms with E-state index in [1.807, 2.05) is 47.1 Å². The Morgan fingerprint density at radius 2 is 1.83 bits per heavy atom. The highest BCUT2D eigenvalue weighted by atomic mass is 35.5. The Hall–Kier alpha value is -3.03. The number of pyridine rings is 1. The molecule has 0 saturated carbocycles. The summed E-state index contributed by atoms with van der Waals surface area (Å²) in [5.74, 6) is 0.791. The maximum absolute atomic E-state index is 13.1. The van der Waals surface area contributed by atoms with Crippen LogP contribution in [0.5, 0.6) is 0 Å².